The summed E-state index contributed by atoms with van der Waals surface area (Å²) in [4.78, 5) is 15.1. The Labute approximate surface area is 179 Å². The first-order valence-corrected chi connectivity index (χ1v) is 11.5. The Morgan fingerprint density at radius 1 is 0.967 bits per heavy atom. The molecule has 0 radical (unpaired) electrons. The molecular weight excluding hydrogens is 376 g/mol. The van der Waals surface area contributed by atoms with Crippen molar-refractivity contribution in [2.45, 2.75) is 90.4 Å². The Morgan fingerprint density at radius 2 is 1.63 bits per heavy atom. The summed E-state index contributed by atoms with van der Waals surface area (Å²) in [5.41, 5.74) is 1.97. The molecule has 1 N–H and O–H groups in total. The molecule has 30 heavy (non-hydrogen) atoms. The molecule has 4 rings (SSSR count). The van der Waals surface area contributed by atoms with Gasteiger partial charge in [-0.3, -0.25) is 4.79 Å². The molecular formula is C23H36N6O. The van der Waals surface area contributed by atoms with E-state index in [-0.39, 0.29) is 11.6 Å². The minimum Gasteiger partial charge on any atom is -0.311 e. The summed E-state index contributed by atoms with van der Waals surface area (Å²) in [5, 5.41) is 13.1. The second-order valence-corrected chi connectivity index (χ2v) is 9.39. The zero-order chi connectivity index (χ0) is 21.3. The minimum absolute atomic E-state index is 0.0160. The molecule has 2 aliphatic rings. The monoisotopic (exact) mass is 412 g/mol. The topological polar surface area (TPSA) is 68.0 Å². The van der Waals surface area contributed by atoms with Crippen LogP contribution >= 0.6 is 0 Å². The van der Waals surface area contributed by atoms with Crippen LogP contribution in [-0.4, -0.2) is 55.7 Å². The Morgan fingerprint density at radius 3 is 2.23 bits per heavy atom. The van der Waals surface area contributed by atoms with Gasteiger partial charge in [-0.15, -0.1) is 5.10 Å². The van der Waals surface area contributed by atoms with Gasteiger partial charge in [-0.25, -0.2) is 9.36 Å². The summed E-state index contributed by atoms with van der Waals surface area (Å²) in [7, 11) is 0. The van der Waals surface area contributed by atoms with Crippen molar-refractivity contribution in [1.29, 1.82) is 0 Å². The number of piperidine rings is 1. The van der Waals surface area contributed by atoms with Crippen LogP contribution in [-0.2, 0) is 0 Å². The van der Waals surface area contributed by atoms with Gasteiger partial charge in [0, 0.05) is 29.9 Å². The summed E-state index contributed by atoms with van der Waals surface area (Å²) in [6.45, 7) is 11.0. The fourth-order valence-corrected chi connectivity index (χ4v) is 5.05. The Hall–Kier alpha value is -1.99. The molecule has 0 unspecified atom stereocenters. The van der Waals surface area contributed by atoms with Crippen LogP contribution in [0, 0.1) is 13.8 Å². The number of rotatable bonds is 5. The lowest BCUT2D eigenvalue weighted by Crippen LogP contribution is -2.48. The van der Waals surface area contributed by atoms with E-state index in [0.29, 0.717) is 18.1 Å². The molecule has 164 valence electrons. The van der Waals surface area contributed by atoms with Gasteiger partial charge in [0.05, 0.1) is 11.7 Å². The number of hydrogen-bond donors (Lipinski definition) is 1. The van der Waals surface area contributed by atoms with Gasteiger partial charge in [-0.2, -0.15) is 5.10 Å². The molecule has 2 aromatic heterocycles. The van der Waals surface area contributed by atoms with Crippen molar-refractivity contribution in [3.05, 3.63) is 39.9 Å². The number of aromatic nitrogens is 4. The summed E-state index contributed by atoms with van der Waals surface area (Å²) in [5.74, 6) is 0.720. The second-order valence-electron chi connectivity index (χ2n) is 9.39. The fourth-order valence-electron chi connectivity index (χ4n) is 5.05. The smallest absolute Gasteiger partial charge is 0.267 e. The van der Waals surface area contributed by atoms with Crippen LogP contribution in [0.15, 0.2) is 23.0 Å². The summed E-state index contributed by atoms with van der Waals surface area (Å²) in [6, 6.07) is 7.46. The van der Waals surface area contributed by atoms with Crippen molar-refractivity contribution in [2.24, 2.45) is 0 Å². The zero-order valence-corrected chi connectivity index (χ0v) is 18.8. The van der Waals surface area contributed by atoms with Gasteiger partial charge in [-0.05, 0) is 91.4 Å². The lowest BCUT2D eigenvalue weighted by atomic mass is 9.90. The lowest BCUT2D eigenvalue weighted by molar-refractivity contribution is 0.148. The van der Waals surface area contributed by atoms with E-state index in [1.165, 1.54) is 25.9 Å². The molecule has 7 nitrogen and oxygen atoms in total. The van der Waals surface area contributed by atoms with Crippen molar-refractivity contribution in [3.8, 4) is 5.82 Å². The van der Waals surface area contributed by atoms with Crippen LogP contribution in [0.4, 0.5) is 0 Å². The zero-order valence-electron chi connectivity index (χ0n) is 18.8. The molecule has 1 aliphatic carbocycles. The quantitative estimate of drug-likeness (QED) is 0.818. The highest BCUT2D eigenvalue weighted by Gasteiger charge is 2.27. The average Bonchev–Trinajstić information content (AvgIpc) is 3.07. The van der Waals surface area contributed by atoms with Gasteiger partial charge in [-0.1, -0.05) is 0 Å². The fraction of sp³-hybridized carbons (Fsp3) is 0.696. The first-order valence-electron chi connectivity index (χ1n) is 11.5. The first-order chi connectivity index (χ1) is 14.4. The standard InChI is InChI=1S/C23H36N6O/c1-16(2)27-13-11-20(12-14-27)24-19-5-7-21(8-6-19)29-23(30)10-9-22(26-29)28-18(4)15-17(3)25-28/h9-10,15-16,19-21,24H,5-8,11-14H2,1-4H3. The van der Waals surface area contributed by atoms with Crippen LogP contribution in [0.2, 0.25) is 0 Å². The number of nitrogens with one attached hydrogen (secondary N) is 1. The minimum atomic E-state index is -0.0160. The van der Waals surface area contributed by atoms with E-state index in [1.807, 2.05) is 24.6 Å². The van der Waals surface area contributed by atoms with Crippen molar-refractivity contribution in [1.82, 2.24) is 29.8 Å². The molecule has 1 saturated heterocycles. The van der Waals surface area contributed by atoms with Crippen LogP contribution in [0.25, 0.3) is 5.82 Å². The number of likely N-dealkylation sites (tertiary alicyclic amines) is 1. The van der Waals surface area contributed by atoms with Gasteiger partial charge < -0.3 is 10.2 Å². The van der Waals surface area contributed by atoms with Crippen molar-refractivity contribution in [2.75, 3.05) is 13.1 Å². The van der Waals surface area contributed by atoms with E-state index in [9.17, 15) is 4.79 Å². The van der Waals surface area contributed by atoms with E-state index < -0.39 is 0 Å². The van der Waals surface area contributed by atoms with Crippen LogP contribution in [0.3, 0.4) is 0 Å². The normalized spacial score (nSPS) is 23.9. The Kier molecular flexibility index (Phi) is 6.39. The molecule has 7 heteroatoms. The third kappa shape index (κ3) is 4.67. The van der Waals surface area contributed by atoms with Crippen LogP contribution in [0.5, 0.6) is 0 Å². The molecule has 0 bridgehead atoms. The van der Waals surface area contributed by atoms with E-state index in [2.05, 4.69) is 34.3 Å². The Balaban J connectivity index is 1.36. The SMILES string of the molecule is Cc1cc(C)n(-c2ccc(=O)n(C3CCC(NC4CCN(C(C)C)CC4)CC3)n2)n1. The molecule has 1 saturated carbocycles. The molecule has 0 spiro atoms. The predicted octanol–water partition coefficient (Wildman–Crippen LogP) is 2.99. The summed E-state index contributed by atoms with van der Waals surface area (Å²) >= 11 is 0. The Bertz CT molecular complexity index is 901. The van der Waals surface area contributed by atoms with E-state index in [1.54, 1.807) is 16.8 Å². The summed E-state index contributed by atoms with van der Waals surface area (Å²) in [6.07, 6.45) is 6.68. The maximum Gasteiger partial charge on any atom is 0.267 e. The van der Waals surface area contributed by atoms with Crippen molar-refractivity contribution < 1.29 is 0 Å². The lowest BCUT2D eigenvalue weighted by Gasteiger charge is -2.38. The third-order valence-electron chi connectivity index (χ3n) is 6.81. The van der Waals surface area contributed by atoms with E-state index in [0.717, 1.165) is 42.9 Å². The highest BCUT2D eigenvalue weighted by atomic mass is 16.1. The van der Waals surface area contributed by atoms with E-state index in [4.69, 9.17) is 0 Å². The molecule has 1 aliphatic heterocycles. The van der Waals surface area contributed by atoms with Crippen LogP contribution < -0.4 is 10.9 Å². The van der Waals surface area contributed by atoms with Gasteiger partial charge in [0.15, 0.2) is 5.82 Å². The van der Waals surface area contributed by atoms with Crippen molar-refractivity contribution in [3.63, 3.8) is 0 Å². The van der Waals surface area contributed by atoms with Gasteiger partial charge in [0.1, 0.15) is 0 Å². The average molecular weight is 413 g/mol. The van der Waals surface area contributed by atoms with Gasteiger partial charge in [0.2, 0.25) is 0 Å². The highest BCUT2D eigenvalue weighted by molar-refractivity contribution is 5.24. The number of hydrogen-bond acceptors (Lipinski definition) is 5. The number of nitrogens with zero attached hydrogens (tertiary/aromatic N) is 5. The molecule has 0 amide bonds. The maximum atomic E-state index is 12.5. The van der Waals surface area contributed by atoms with E-state index >= 15 is 0 Å². The highest BCUT2D eigenvalue weighted by Crippen LogP contribution is 2.28. The van der Waals surface area contributed by atoms with Gasteiger partial charge >= 0.3 is 0 Å². The molecule has 2 fully saturated rings. The third-order valence-corrected chi connectivity index (χ3v) is 6.81. The second kappa shape index (κ2) is 9.02. The largest absolute Gasteiger partial charge is 0.311 e. The van der Waals surface area contributed by atoms with Crippen LogP contribution in [0.1, 0.15) is 69.8 Å². The molecule has 0 atom stereocenters. The summed E-state index contributed by atoms with van der Waals surface area (Å²) < 4.78 is 3.52. The number of aryl methyl sites for hydroxylation is 2. The first kappa shape index (κ1) is 21.2. The molecule has 2 aromatic rings. The maximum absolute atomic E-state index is 12.5. The van der Waals surface area contributed by atoms with Gasteiger partial charge in [0.25, 0.3) is 5.56 Å². The molecule has 0 aromatic carbocycles. The van der Waals surface area contributed by atoms with Crippen molar-refractivity contribution >= 4 is 0 Å². The molecule has 3 heterocycles. The predicted molar refractivity (Wildman–Crippen MR) is 119 cm³/mol.